The fraction of sp³-hybridized carbons (Fsp3) is 0.375. The van der Waals surface area contributed by atoms with Gasteiger partial charge in [0.1, 0.15) is 5.76 Å². The van der Waals surface area contributed by atoms with Crippen molar-refractivity contribution in [3.05, 3.63) is 47.2 Å². The van der Waals surface area contributed by atoms with Gasteiger partial charge in [0, 0.05) is 37.5 Å². The summed E-state index contributed by atoms with van der Waals surface area (Å²) in [5, 5.41) is 4.47. The smallest absolute Gasteiger partial charge is 0.246 e. The predicted octanol–water partition coefficient (Wildman–Crippen LogP) is 2.78. The van der Waals surface area contributed by atoms with E-state index >= 15 is 0 Å². The molecule has 1 amide bonds. The van der Waals surface area contributed by atoms with Crippen LogP contribution in [0, 0.1) is 13.8 Å². The van der Waals surface area contributed by atoms with E-state index in [-0.39, 0.29) is 5.91 Å². The second kappa shape index (κ2) is 6.43. The first kappa shape index (κ1) is 15.1. The lowest BCUT2D eigenvalue weighted by atomic mass is 10.2. The average Bonchev–Trinajstić information content (AvgIpc) is 3.07. The van der Waals surface area contributed by atoms with Crippen molar-refractivity contribution in [1.29, 1.82) is 0 Å². The molecule has 2 rings (SSSR count). The standard InChI is InChI=1S/C16H21N3O2/c1-5-19-13(3)15(12(2)17-19)11-18(4)16(20)9-8-14-7-6-10-21-14/h6-10H,5,11H2,1-4H3/b9-8+. The Morgan fingerprint density at radius 1 is 1.48 bits per heavy atom. The predicted molar refractivity (Wildman–Crippen MR) is 81.6 cm³/mol. The van der Waals surface area contributed by atoms with Crippen molar-refractivity contribution >= 4 is 12.0 Å². The van der Waals surface area contributed by atoms with Crippen LogP contribution in [-0.4, -0.2) is 27.6 Å². The van der Waals surface area contributed by atoms with Crippen LogP contribution in [0.4, 0.5) is 0 Å². The third-order valence-corrected chi connectivity index (χ3v) is 3.54. The molecule has 0 radical (unpaired) electrons. The van der Waals surface area contributed by atoms with Crippen molar-refractivity contribution in [1.82, 2.24) is 14.7 Å². The SMILES string of the molecule is CCn1nc(C)c(CN(C)C(=O)/C=C/c2ccco2)c1C. The van der Waals surface area contributed by atoms with Gasteiger partial charge >= 0.3 is 0 Å². The fourth-order valence-corrected chi connectivity index (χ4v) is 2.25. The minimum Gasteiger partial charge on any atom is -0.465 e. The zero-order valence-electron chi connectivity index (χ0n) is 13.0. The molecule has 0 unspecified atom stereocenters. The van der Waals surface area contributed by atoms with Crippen LogP contribution >= 0.6 is 0 Å². The molecule has 2 aromatic heterocycles. The Bertz CT molecular complexity index is 639. The minimum atomic E-state index is -0.0607. The third-order valence-electron chi connectivity index (χ3n) is 3.54. The van der Waals surface area contributed by atoms with Crippen LogP contribution in [0.15, 0.2) is 28.9 Å². The lowest BCUT2D eigenvalue weighted by Crippen LogP contribution is -2.24. The number of nitrogens with zero attached hydrogens (tertiary/aromatic N) is 3. The molecule has 0 atom stereocenters. The Morgan fingerprint density at radius 3 is 2.81 bits per heavy atom. The van der Waals surface area contributed by atoms with Crippen LogP contribution in [0.2, 0.25) is 0 Å². The summed E-state index contributed by atoms with van der Waals surface area (Å²) in [5.74, 6) is 0.609. The lowest BCUT2D eigenvalue weighted by Gasteiger charge is -2.15. The highest BCUT2D eigenvalue weighted by atomic mass is 16.3. The van der Waals surface area contributed by atoms with Crippen LogP contribution in [-0.2, 0) is 17.9 Å². The van der Waals surface area contributed by atoms with Gasteiger partial charge in [-0.25, -0.2) is 0 Å². The molecule has 0 saturated carbocycles. The molecule has 21 heavy (non-hydrogen) atoms. The quantitative estimate of drug-likeness (QED) is 0.795. The summed E-state index contributed by atoms with van der Waals surface area (Å²) in [6, 6.07) is 3.60. The Labute approximate surface area is 124 Å². The van der Waals surface area contributed by atoms with Crippen LogP contribution in [0.5, 0.6) is 0 Å². The van der Waals surface area contributed by atoms with Gasteiger partial charge < -0.3 is 9.32 Å². The third kappa shape index (κ3) is 3.42. The normalized spacial score (nSPS) is 11.2. The molecule has 0 saturated heterocycles. The van der Waals surface area contributed by atoms with Crippen molar-refractivity contribution in [2.75, 3.05) is 7.05 Å². The van der Waals surface area contributed by atoms with Crippen LogP contribution in [0.25, 0.3) is 6.08 Å². The number of aryl methyl sites for hydroxylation is 2. The molecule has 5 heteroatoms. The maximum atomic E-state index is 12.1. The summed E-state index contributed by atoms with van der Waals surface area (Å²) in [7, 11) is 1.79. The highest BCUT2D eigenvalue weighted by molar-refractivity contribution is 5.91. The molecule has 0 aliphatic rings. The highest BCUT2D eigenvalue weighted by Gasteiger charge is 2.14. The molecule has 0 fully saturated rings. The van der Waals surface area contributed by atoms with E-state index in [1.54, 1.807) is 30.4 Å². The number of rotatable bonds is 5. The summed E-state index contributed by atoms with van der Waals surface area (Å²) in [4.78, 5) is 13.8. The van der Waals surface area contributed by atoms with Gasteiger partial charge in [-0.3, -0.25) is 9.48 Å². The van der Waals surface area contributed by atoms with Crippen molar-refractivity contribution in [3.8, 4) is 0 Å². The summed E-state index contributed by atoms with van der Waals surface area (Å²) in [6.07, 6.45) is 4.78. The zero-order chi connectivity index (χ0) is 15.4. The van der Waals surface area contributed by atoms with Crippen molar-refractivity contribution in [2.45, 2.75) is 33.9 Å². The van der Waals surface area contributed by atoms with E-state index in [1.807, 2.05) is 24.6 Å². The summed E-state index contributed by atoms with van der Waals surface area (Å²) < 4.78 is 7.13. The first-order valence-electron chi connectivity index (χ1n) is 7.02. The molecule has 0 bridgehead atoms. The number of hydrogen-bond acceptors (Lipinski definition) is 3. The maximum Gasteiger partial charge on any atom is 0.246 e. The number of carbonyl (C=O) groups excluding carboxylic acids is 1. The van der Waals surface area contributed by atoms with Gasteiger partial charge in [-0.15, -0.1) is 0 Å². The Morgan fingerprint density at radius 2 is 2.24 bits per heavy atom. The van der Waals surface area contributed by atoms with Gasteiger partial charge in [0.05, 0.1) is 12.0 Å². The lowest BCUT2D eigenvalue weighted by molar-refractivity contribution is -0.125. The number of furan rings is 1. The molecule has 0 N–H and O–H groups in total. The van der Waals surface area contributed by atoms with E-state index in [0.717, 1.165) is 23.5 Å². The van der Waals surface area contributed by atoms with Gasteiger partial charge in [0.15, 0.2) is 0 Å². The first-order valence-corrected chi connectivity index (χ1v) is 7.02. The molecule has 2 heterocycles. The van der Waals surface area contributed by atoms with Gasteiger partial charge in [-0.05, 0) is 39.0 Å². The zero-order valence-corrected chi connectivity index (χ0v) is 13.0. The van der Waals surface area contributed by atoms with E-state index in [4.69, 9.17) is 4.42 Å². The van der Waals surface area contributed by atoms with E-state index in [9.17, 15) is 4.79 Å². The maximum absolute atomic E-state index is 12.1. The molecular formula is C16H21N3O2. The average molecular weight is 287 g/mol. The topological polar surface area (TPSA) is 51.3 Å². The second-order valence-corrected chi connectivity index (χ2v) is 5.01. The van der Waals surface area contributed by atoms with Gasteiger partial charge in [0.2, 0.25) is 5.91 Å². The number of likely N-dealkylation sites (N-methyl/N-ethyl adjacent to an activating group) is 1. The number of hydrogen-bond donors (Lipinski definition) is 0. The van der Waals surface area contributed by atoms with Crippen molar-refractivity contribution in [2.24, 2.45) is 0 Å². The summed E-state index contributed by atoms with van der Waals surface area (Å²) in [6.45, 7) is 7.47. The molecule has 0 aliphatic heterocycles. The minimum absolute atomic E-state index is 0.0607. The summed E-state index contributed by atoms with van der Waals surface area (Å²) in [5.41, 5.74) is 3.20. The largest absolute Gasteiger partial charge is 0.465 e. The molecule has 0 aromatic carbocycles. The molecular weight excluding hydrogens is 266 g/mol. The van der Waals surface area contributed by atoms with Gasteiger partial charge in [-0.2, -0.15) is 5.10 Å². The Balaban J connectivity index is 2.06. The monoisotopic (exact) mass is 287 g/mol. The Hall–Kier alpha value is -2.30. The molecule has 5 nitrogen and oxygen atoms in total. The van der Waals surface area contributed by atoms with Crippen LogP contribution in [0.1, 0.15) is 29.6 Å². The first-order chi connectivity index (χ1) is 10.0. The molecule has 0 spiro atoms. The molecule has 0 aliphatic carbocycles. The Kier molecular flexibility index (Phi) is 4.62. The van der Waals surface area contributed by atoms with E-state index < -0.39 is 0 Å². The van der Waals surface area contributed by atoms with Crippen LogP contribution in [0.3, 0.4) is 0 Å². The number of amides is 1. The van der Waals surface area contributed by atoms with Crippen molar-refractivity contribution < 1.29 is 9.21 Å². The van der Waals surface area contributed by atoms with Gasteiger partial charge in [0.25, 0.3) is 0 Å². The molecule has 112 valence electrons. The molecule has 2 aromatic rings. The van der Waals surface area contributed by atoms with E-state index in [2.05, 4.69) is 12.0 Å². The number of aromatic nitrogens is 2. The van der Waals surface area contributed by atoms with Gasteiger partial charge in [-0.1, -0.05) is 0 Å². The van der Waals surface area contributed by atoms with Crippen LogP contribution < -0.4 is 0 Å². The second-order valence-electron chi connectivity index (χ2n) is 5.01. The van der Waals surface area contributed by atoms with Crippen molar-refractivity contribution in [3.63, 3.8) is 0 Å². The highest BCUT2D eigenvalue weighted by Crippen LogP contribution is 2.15. The van der Waals surface area contributed by atoms with E-state index in [1.165, 1.54) is 6.08 Å². The number of carbonyl (C=O) groups is 1. The van der Waals surface area contributed by atoms with E-state index in [0.29, 0.717) is 12.3 Å². The fourth-order valence-electron chi connectivity index (χ4n) is 2.25. The summed E-state index contributed by atoms with van der Waals surface area (Å²) >= 11 is 0.